The fraction of sp³-hybridized carbons (Fsp3) is 0.125. The largest absolute Gasteiger partial charge is 0.342 e. The van der Waals surface area contributed by atoms with Gasteiger partial charge in [-0.25, -0.2) is 4.98 Å². The summed E-state index contributed by atoms with van der Waals surface area (Å²) in [6, 6.07) is 14.5. The predicted molar refractivity (Wildman–Crippen MR) is 83.4 cm³/mol. The molecule has 106 valence electrons. The molecule has 0 fully saturated rings. The van der Waals surface area contributed by atoms with Crippen LogP contribution in [0.3, 0.4) is 0 Å². The molecule has 0 spiro atoms. The molecule has 1 aromatic heterocycles. The van der Waals surface area contributed by atoms with Crippen LogP contribution in [0.2, 0.25) is 5.02 Å². The Morgan fingerprint density at radius 2 is 1.90 bits per heavy atom. The Hall–Kier alpha value is -2.33. The number of nitrogens with zero attached hydrogens (tertiary/aromatic N) is 1. The maximum atomic E-state index is 12.2. The molecule has 2 aromatic carbocycles. The first-order valence-corrected chi connectivity index (χ1v) is 7.03. The number of fused-ring (bicyclic) bond motifs is 1. The van der Waals surface area contributed by atoms with Crippen molar-refractivity contribution < 1.29 is 4.79 Å². The van der Waals surface area contributed by atoms with Crippen molar-refractivity contribution in [1.82, 2.24) is 15.3 Å². The summed E-state index contributed by atoms with van der Waals surface area (Å²) in [5.41, 5.74) is 2.29. The van der Waals surface area contributed by atoms with Gasteiger partial charge in [-0.1, -0.05) is 35.9 Å². The van der Waals surface area contributed by atoms with E-state index in [1.54, 1.807) is 24.3 Å². The summed E-state index contributed by atoms with van der Waals surface area (Å²) in [4.78, 5) is 19.9. The molecule has 0 radical (unpaired) electrons. The third kappa shape index (κ3) is 2.76. The van der Waals surface area contributed by atoms with Gasteiger partial charge in [-0.3, -0.25) is 4.79 Å². The average molecular weight is 300 g/mol. The number of hydrogen-bond donors (Lipinski definition) is 2. The van der Waals surface area contributed by atoms with Gasteiger partial charge in [0.2, 0.25) is 0 Å². The highest BCUT2D eigenvalue weighted by Crippen LogP contribution is 2.18. The molecular formula is C16H14ClN3O. The van der Waals surface area contributed by atoms with E-state index in [-0.39, 0.29) is 11.9 Å². The summed E-state index contributed by atoms with van der Waals surface area (Å²) in [5, 5.41) is 3.33. The van der Waals surface area contributed by atoms with Crippen molar-refractivity contribution in [1.29, 1.82) is 0 Å². The molecule has 1 heterocycles. The first-order chi connectivity index (χ1) is 10.1. The first kappa shape index (κ1) is 13.6. The Morgan fingerprint density at radius 1 is 1.19 bits per heavy atom. The van der Waals surface area contributed by atoms with Crippen molar-refractivity contribution >= 4 is 28.5 Å². The average Bonchev–Trinajstić information content (AvgIpc) is 2.91. The number of para-hydroxylation sites is 2. The number of benzene rings is 2. The van der Waals surface area contributed by atoms with E-state index >= 15 is 0 Å². The molecule has 2 N–H and O–H groups in total. The Labute approximate surface area is 127 Å². The van der Waals surface area contributed by atoms with Crippen LogP contribution < -0.4 is 5.32 Å². The van der Waals surface area contributed by atoms with Crippen molar-refractivity contribution in [3.63, 3.8) is 0 Å². The lowest BCUT2D eigenvalue weighted by Crippen LogP contribution is -2.27. The second-order valence-electron chi connectivity index (χ2n) is 4.81. The zero-order valence-electron chi connectivity index (χ0n) is 11.4. The number of hydrogen-bond acceptors (Lipinski definition) is 2. The Morgan fingerprint density at radius 3 is 2.67 bits per heavy atom. The van der Waals surface area contributed by atoms with Gasteiger partial charge >= 0.3 is 0 Å². The number of nitrogens with one attached hydrogen (secondary N) is 2. The third-order valence-electron chi connectivity index (χ3n) is 3.28. The highest BCUT2D eigenvalue weighted by atomic mass is 35.5. The van der Waals surface area contributed by atoms with E-state index in [4.69, 9.17) is 11.6 Å². The van der Waals surface area contributed by atoms with Crippen molar-refractivity contribution in [3.05, 3.63) is 64.9 Å². The lowest BCUT2D eigenvalue weighted by atomic mass is 10.2. The molecule has 1 amide bonds. The number of halogens is 1. The maximum Gasteiger partial charge on any atom is 0.253 e. The molecule has 0 saturated carbocycles. The Kier molecular flexibility index (Phi) is 3.62. The number of carbonyl (C=O) groups excluding carboxylic acids is 1. The van der Waals surface area contributed by atoms with Crippen LogP contribution >= 0.6 is 11.6 Å². The maximum absolute atomic E-state index is 12.2. The highest BCUT2D eigenvalue weighted by Gasteiger charge is 2.16. The van der Waals surface area contributed by atoms with E-state index in [1.165, 1.54) is 0 Å². The Balaban J connectivity index is 1.81. The Bertz CT molecular complexity index is 764. The van der Waals surface area contributed by atoms with Crippen LogP contribution in [0.15, 0.2) is 48.5 Å². The van der Waals surface area contributed by atoms with Crippen LogP contribution in [0, 0.1) is 0 Å². The smallest absolute Gasteiger partial charge is 0.253 e. The van der Waals surface area contributed by atoms with Gasteiger partial charge in [0.1, 0.15) is 5.82 Å². The summed E-state index contributed by atoms with van der Waals surface area (Å²) >= 11 is 6.03. The molecule has 21 heavy (non-hydrogen) atoms. The standard InChI is InChI=1S/C16H14ClN3O/c1-10(15-19-13-8-4-5-9-14(13)20-15)18-16(21)11-6-2-3-7-12(11)17/h2-10H,1H3,(H,18,21)(H,19,20)/t10-/m0/s1. The normalized spacial score (nSPS) is 12.3. The molecule has 0 unspecified atom stereocenters. The fourth-order valence-electron chi connectivity index (χ4n) is 2.17. The highest BCUT2D eigenvalue weighted by molar-refractivity contribution is 6.33. The molecule has 3 aromatic rings. The number of imidazole rings is 1. The SMILES string of the molecule is C[C@H](NC(=O)c1ccccc1Cl)c1nc2ccccc2[nH]1. The molecule has 0 bridgehead atoms. The summed E-state index contributed by atoms with van der Waals surface area (Å²) in [6.07, 6.45) is 0. The van der Waals surface area contributed by atoms with Gasteiger partial charge in [0, 0.05) is 0 Å². The van der Waals surface area contributed by atoms with Crippen LogP contribution in [0.5, 0.6) is 0 Å². The lowest BCUT2D eigenvalue weighted by molar-refractivity contribution is 0.0938. The lowest BCUT2D eigenvalue weighted by Gasteiger charge is -2.12. The van der Waals surface area contributed by atoms with Gasteiger partial charge in [0.05, 0.1) is 27.7 Å². The molecule has 1 atom stereocenters. The minimum absolute atomic E-state index is 0.214. The van der Waals surface area contributed by atoms with Gasteiger partial charge in [-0.2, -0.15) is 0 Å². The minimum atomic E-state index is -0.235. The van der Waals surface area contributed by atoms with E-state index in [0.717, 1.165) is 16.9 Å². The monoisotopic (exact) mass is 299 g/mol. The number of amides is 1. The van der Waals surface area contributed by atoms with Crippen molar-refractivity contribution in [2.24, 2.45) is 0 Å². The molecule has 0 aliphatic rings. The van der Waals surface area contributed by atoms with Crippen LogP contribution in [0.4, 0.5) is 0 Å². The quantitative estimate of drug-likeness (QED) is 0.774. The topological polar surface area (TPSA) is 57.8 Å². The second-order valence-corrected chi connectivity index (χ2v) is 5.22. The summed E-state index contributed by atoms with van der Waals surface area (Å²) in [7, 11) is 0. The zero-order valence-corrected chi connectivity index (χ0v) is 12.2. The van der Waals surface area contributed by atoms with Crippen LogP contribution in [-0.2, 0) is 0 Å². The summed E-state index contributed by atoms with van der Waals surface area (Å²) in [5.74, 6) is 0.505. The molecule has 0 aliphatic carbocycles. The van der Waals surface area contributed by atoms with Crippen LogP contribution in [0.1, 0.15) is 29.1 Å². The first-order valence-electron chi connectivity index (χ1n) is 6.65. The van der Waals surface area contributed by atoms with E-state index in [9.17, 15) is 4.79 Å². The third-order valence-corrected chi connectivity index (χ3v) is 3.61. The van der Waals surface area contributed by atoms with Gasteiger partial charge in [-0.05, 0) is 31.2 Å². The van der Waals surface area contributed by atoms with Gasteiger partial charge < -0.3 is 10.3 Å². The molecule has 4 nitrogen and oxygen atoms in total. The number of aromatic nitrogens is 2. The number of rotatable bonds is 3. The molecule has 5 heteroatoms. The number of carbonyl (C=O) groups is 1. The van der Waals surface area contributed by atoms with Crippen molar-refractivity contribution in [2.45, 2.75) is 13.0 Å². The van der Waals surface area contributed by atoms with Crippen LogP contribution in [-0.4, -0.2) is 15.9 Å². The minimum Gasteiger partial charge on any atom is -0.342 e. The van der Waals surface area contributed by atoms with Gasteiger partial charge in [0.15, 0.2) is 0 Å². The van der Waals surface area contributed by atoms with Crippen LogP contribution in [0.25, 0.3) is 11.0 Å². The molecule has 3 rings (SSSR count). The molecule has 0 aliphatic heterocycles. The van der Waals surface area contributed by atoms with Crippen molar-refractivity contribution in [3.8, 4) is 0 Å². The van der Waals surface area contributed by atoms with E-state index in [2.05, 4.69) is 15.3 Å². The molecular weight excluding hydrogens is 286 g/mol. The van der Waals surface area contributed by atoms with E-state index in [0.29, 0.717) is 10.6 Å². The fourth-order valence-corrected chi connectivity index (χ4v) is 2.39. The summed E-state index contributed by atoms with van der Waals surface area (Å²) < 4.78 is 0. The molecule has 0 saturated heterocycles. The number of aromatic amines is 1. The predicted octanol–water partition coefficient (Wildman–Crippen LogP) is 3.71. The second kappa shape index (κ2) is 5.58. The summed E-state index contributed by atoms with van der Waals surface area (Å²) in [6.45, 7) is 1.88. The van der Waals surface area contributed by atoms with Crippen molar-refractivity contribution in [2.75, 3.05) is 0 Å². The number of H-pyrrole nitrogens is 1. The van der Waals surface area contributed by atoms with E-state index in [1.807, 2.05) is 31.2 Å². The zero-order chi connectivity index (χ0) is 14.8. The van der Waals surface area contributed by atoms with Gasteiger partial charge in [0.25, 0.3) is 5.91 Å². The van der Waals surface area contributed by atoms with E-state index < -0.39 is 0 Å². The van der Waals surface area contributed by atoms with Gasteiger partial charge in [-0.15, -0.1) is 0 Å².